The molecule has 0 aliphatic carbocycles. The number of hydrogen-bond donors (Lipinski definition) is 1. The SMILES string of the molecule is CCCCCCCOCC(O)C1CCOC1. The predicted molar refractivity (Wildman–Crippen MR) is 64.5 cm³/mol. The fraction of sp³-hybridized carbons (Fsp3) is 1.00. The van der Waals surface area contributed by atoms with Gasteiger partial charge in [0.15, 0.2) is 0 Å². The molecule has 0 spiro atoms. The molecule has 0 aromatic rings. The summed E-state index contributed by atoms with van der Waals surface area (Å²) in [6.45, 7) is 4.96. The molecular weight excluding hydrogens is 204 g/mol. The standard InChI is InChI=1S/C13H26O3/c1-2-3-4-5-6-8-15-11-13(14)12-7-9-16-10-12/h12-14H,2-11H2,1H3. The lowest BCUT2D eigenvalue weighted by Crippen LogP contribution is -2.26. The maximum absolute atomic E-state index is 9.78. The van der Waals surface area contributed by atoms with E-state index in [0.717, 1.165) is 26.1 Å². The molecule has 1 aliphatic rings. The van der Waals surface area contributed by atoms with Crippen molar-refractivity contribution in [3.8, 4) is 0 Å². The minimum absolute atomic E-state index is 0.292. The van der Waals surface area contributed by atoms with E-state index in [1.54, 1.807) is 0 Å². The van der Waals surface area contributed by atoms with Crippen molar-refractivity contribution in [1.29, 1.82) is 0 Å². The molecule has 1 fully saturated rings. The maximum atomic E-state index is 9.78. The van der Waals surface area contributed by atoms with Crippen LogP contribution < -0.4 is 0 Å². The van der Waals surface area contributed by atoms with Crippen molar-refractivity contribution in [2.24, 2.45) is 5.92 Å². The van der Waals surface area contributed by atoms with Crippen molar-refractivity contribution in [3.05, 3.63) is 0 Å². The first kappa shape index (κ1) is 13.9. The van der Waals surface area contributed by atoms with E-state index in [0.29, 0.717) is 19.1 Å². The number of ether oxygens (including phenoxy) is 2. The molecule has 0 saturated carbocycles. The van der Waals surface area contributed by atoms with Gasteiger partial charge in [-0.2, -0.15) is 0 Å². The second-order valence-corrected chi connectivity index (χ2v) is 4.68. The Balaban J connectivity index is 1.86. The Bertz CT molecular complexity index is 155. The highest BCUT2D eigenvalue weighted by Crippen LogP contribution is 2.16. The molecule has 0 aromatic carbocycles. The molecule has 1 rings (SSSR count). The van der Waals surface area contributed by atoms with Crippen molar-refractivity contribution in [2.75, 3.05) is 26.4 Å². The van der Waals surface area contributed by atoms with Crippen LogP contribution in [-0.4, -0.2) is 37.6 Å². The summed E-state index contributed by atoms with van der Waals surface area (Å²) in [7, 11) is 0. The monoisotopic (exact) mass is 230 g/mol. The Morgan fingerprint density at radius 1 is 1.31 bits per heavy atom. The highest BCUT2D eigenvalue weighted by atomic mass is 16.5. The van der Waals surface area contributed by atoms with Crippen LogP contribution in [0.2, 0.25) is 0 Å². The summed E-state index contributed by atoms with van der Waals surface area (Å²) in [6, 6.07) is 0. The van der Waals surface area contributed by atoms with E-state index in [9.17, 15) is 5.11 Å². The van der Waals surface area contributed by atoms with Gasteiger partial charge in [-0.05, 0) is 12.8 Å². The summed E-state index contributed by atoms with van der Waals surface area (Å²) in [5, 5.41) is 9.78. The van der Waals surface area contributed by atoms with E-state index in [2.05, 4.69) is 6.92 Å². The highest BCUT2D eigenvalue weighted by Gasteiger charge is 2.23. The lowest BCUT2D eigenvalue weighted by atomic mass is 10.0. The average molecular weight is 230 g/mol. The predicted octanol–water partition coefficient (Wildman–Crippen LogP) is 2.37. The minimum Gasteiger partial charge on any atom is -0.390 e. The number of rotatable bonds is 9. The Morgan fingerprint density at radius 3 is 2.81 bits per heavy atom. The summed E-state index contributed by atoms with van der Waals surface area (Å²) >= 11 is 0. The molecule has 1 heterocycles. The zero-order chi connectivity index (χ0) is 11.6. The topological polar surface area (TPSA) is 38.7 Å². The largest absolute Gasteiger partial charge is 0.390 e. The summed E-state index contributed by atoms with van der Waals surface area (Å²) in [5.74, 6) is 0.292. The first-order valence-corrected chi connectivity index (χ1v) is 6.68. The summed E-state index contributed by atoms with van der Waals surface area (Å²) in [6.07, 6.45) is 6.91. The van der Waals surface area contributed by atoms with Crippen LogP contribution in [0.3, 0.4) is 0 Å². The van der Waals surface area contributed by atoms with E-state index in [1.165, 1.54) is 25.7 Å². The van der Waals surface area contributed by atoms with E-state index < -0.39 is 0 Å². The molecule has 3 heteroatoms. The first-order valence-electron chi connectivity index (χ1n) is 6.68. The molecule has 16 heavy (non-hydrogen) atoms. The van der Waals surface area contributed by atoms with E-state index in [-0.39, 0.29) is 6.10 Å². The quantitative estimate of drug-likeness (QED) is 0.618. The van der Waals surface area contributed by atoms with Gasteiger partial charge in [-0.25, -0.2) is 0 Å². The van der Waals surface area contributed by atoms with Crippen molar-refractivity contribution < 1.29 is 14.6 Å². The molecule has 0 amide bonds. The molecule has 3 nitrogen and oxygen atoms in total. The Morgan fingerprint density at radius 2 is 2.12 bits per heavy atom. The normalized spacial score (nSPS) is 22.5. The van der Waals surface area contributed by atoms with Gasteiger partial charge in [0.2, 0.25) is 0 Å². The average Bonchev–Trinajstić information content (AvgIpc) is 2.81. The van der Waals surface area contributed by atoms with Crippen LogP contribution in [0.1, 0.15) is 45.4 Å². The van der Waals surface area contributed by atoms with Crippen LogP contribution in [-0.2, 0) is 9.47 Å². The molecule has 2 unspecified atom stereocenters. The molecule has 2 atom stereocenters. The highest BCUT2D eigenvalue weighted by molar-refractivity contribution is 4.72. The molecule has 1 aliphatic heterocycles. The van der Waals surface area contributed by atoms with E-state index >= 15 is 0 Å². The van der Waals surface area contributed by atoms with Crippen LogP contribution in [0.4, 0.5) is 0 Å². The van der Waals surface area contributed by atoms with Crippen LogP contribution in [0, 0.1) is 5.92 Å². The molecule has 96 valence electrons. The van der Waals surface area contributed by atoms with E-state index in [1.807, 2.05) is 0 Å². The summed E-state index contributed by atoms with van der Waals surface area (Å²) in [4.78, 5) is 0. The lowest BCUT2D eigenvalue weighted by molar-refractivity contribution is 0.00113. The fourth-order valence-corrected chi connectivity index (χ4v) is 2.00. The van der Waals surface area contributed by atoms with E-state index in [4.69, 9.17) is 9.47 Å². The molecule has 1 N–H and O–H groups in total. The number of aliphatic hydroxyl groups excluding tert-OH is 1. The fourth-order valence-electron chi connectivity index (χ4n) is 2.00. The van der Waals surface area contributed by atoms with Crippen molar-refractivity contribution >= 4 is 0 Å². The maximum Gasteiger partial charge on any atom is 0.0824 e. The molecule has 0 radical (unpaired) electrons. The second-order valence-electron chi connectivity index (χ2n) is 4.68. The van der Waals surface area contributed by atoms with Crippen LogP contribution in [0.5, 0.6) is 0 Å². The number of unbranched alkanes of at least 4 members (excludes halogenated alkanes) is 4. The van der Waals surface area contributed by atoms with Gasteiger partial charge >= 0.3 is 0 Å². The summed E-state index contributed by atoms with van der Waals surface area (Å²) < 4.78 is 10.7. The Labute approximate surface area is 99.1 Å². The molecule has 0 bridgehead atoms. The van der Waals surface area contributed by atoms with Crippen molar-refractivity contribution in [1.82, 2.24) is 0 Å². The van der Waals surface area contributed by atoms with Gasteiger partial charge in [-0.15, -0.1) is 0 Å². The molecule has 1 saturated heterocycles. The van der Waals surface area contributed by atoms with Gasteiger partial charge in [0.05, 0.1) is 19.3 Å². The first-order chi connectivity index (χ1) is 7.84. The van der Waals surface area contributed by atoms with Crippen molar-refractivity contribution in [2.45, 2.75) is 51.6 Å². The third-order valence-corrected chi connectivity index (χ3v) is 3.19. The minimum atomic E-state index is -0.335. The van der Waals surface area contributed by atoms with Gasteiger partial charge in [-0.1, -0.05) is 32.6 Å². The second kappa shape index (κ2) is 8.97. The van der Waals surface area contributed by atoms with Crippen molar-refractivity contribution in [3.63, 3.8) is 0 Å². The lowest BCUT2D eigenvalue weighted by Gasteiger charge is -2.16. The van der Waals surface area contributed by atoms with Gasteiger partial charge in [-0.3, -0.25) is 0 Å². The molecule has 0 aromatic heterocycles. The van der Waals surface area contributed by atoms with Gasteiger partial charge < -0.3 is 14.6 Å². The zero-order valence-corrected chi connectivity index (χ0v) is 10.5. The molecular formula is C13H26O3. The summed E-state index contributed by atoms with van der Waals surface area (Å²) in [5.41, 5.74) is 0. The Kier molecular flexibility index (Phi) is 7.81. The van der Waals surface area contributed by atoms with Crippen LogP contribution in [0.15, 0.2) is 0 Å². The van der Waals surface area contributed by atoms with Crippen LogP contribution >= 0.6 is 0 Å². The van der Waals surface area contributed by atoms with Gasteiger partial charge in [0.25, 0.3) is 0 Å². The van der Waals surface area contributed by atoms with Crippen LogP contribution in [0.25, 0.3) is 0 Å². The number of hydrogen-bond acceptors (Lipinski definition) is 3. The third kappa shape index (κ3) is 5.83. The van der Waals surface area contributed by atoms with Gasteiger partial charge in [0.1, 0.15) is 0 Å². The third-order valence-electron chi connectivity index (χ3n) is 3.19. The Hall–Kier alpha value is -0.120. The van der Waals surface area contributed by atoms with Gasteiger partial charge in [0, 0.05) is 19.1 Å². The number of aliphatic hydroxyl groups is 1. The smallest absolute Gasteiger partial charge is 0.0824 e. The zero-order valence-electron chi connectivity index (χ0n) is 10.5.